The van der Waals surface area contributed by atoms with E-state index in [1.807, 2.05) is 24.3 Å². The highest BCUT2D eigenvalue weighted by Crippen LogP contribution is 2.11. The summed E-state index contributed by atoms with van der Waals surface area (Å²) in [4.78, 5) is 11.1. The molecule has 0 spiro atoms. The fraction of sp³-hybridized carbons (Fsp3) is 0.308. The molecule has 1 N–H and O–H groups in total. The molecule has 4 heteroatoms. The lowest BCUT2D eigenvalue weighted by Gasteiger charge is -2.06. The average Bonchev–Trinajstić information content (AvgIpc) is 2.37. The molecule has 0 radical (unpaired) electrons. The third-order valence-electron chi connectivity index (χ3n) is 2.17. The highest BCUT2D eigenvalue weighted by Gasteiger charge is 2.00. The highest BCUT2D eigenvalue weighted by atomic mass is 16.5. The van der Waals surface area contributed by atoms with Crippen molar-refractivity contribution in [1.29, 1.82) is 0 Å². The fourth-order valence-corrected chi connectivity index (χ4v) is 1.29. The maximum Gasteiger partial charge on any atom is 0.407 e. The molecule has 0 bridgehead atoms. The number of hydrogen-bond acceptors (Lipinski definition) is 3. The first kappa shape index (κ1) is 13.1. The lowest BCUT2D eigenvalue weighted by atomic mass is 10.1. The average molecular weight is 235 g/mol. The van der Waals surface area contributed by atoms with Gasteiger partial charge in [-0.1, -0.05) is 24.8 Å². The Hall–Kier alpha value is -1.97. The van der Waals surface area contributed by atoms with Gasteiger partial charge < -0.3 is 14.8 Å². The van der Waals surface area contributed by atoms with Gasteiger partial charge in [-0.05, 0) is 24.1 Å². The van der Waals surface area contributed by atoms with Gasteiger partial charge in [-0.2, -0.15) is 0 Å². The van der Waals surface area contributed by atoms with Crippen LogP contribution < -0.4 is 10.1 Å². The molecule has 92 valence electrons. The van der Waals surface area contributed by atoms with Crippen LogP contribution in [0.25, 0.3) is 0 Å². The van der Waals surface area contributed by atoms with E-state index in [9.17, 15) is 4.79 Å². The van der Waals surface area contributed by atoms with Crippen molar-refractivity contribution >= 4 is 6.09 Å². The molecule has 0 atom stereocenters. The lowest BCUT2D eigenvalue weighted by Crippen LogP contribution is -2.26. The summed E-state index contributed by atoms with van der Waals surface area (Å²) in [5.41, 5.74) is 1.13. The van der Waals surface area contributed by atoms with Gasteiger partial charge in [-0.3, -0.25) is 0 Å². The summed E-state index contributed by atoms with van der Waals surface area (Å²) in [6, 6.07) is 7.72. The van der Waals surface area contributed by atoms with Gasteiger partial charge in [0.15, 0.2) is 0 Å². The molecular formula is C13H17NO3. The van der Waals surface area contributed by atoms with E-state index in [0.717, 1.165) is 17.7 Å². The second-order valence-corrected chi connectivity index (χ2v) is 3.41. The number of carbonyl (C=O) groups excluding carboxylic acids is 1. The largest absolute Gasteiger partial charge is 0.497 e. The predicted molar refractivity (Wildman–Crippen MR) is 66.2 cm³/mol. The molecule has 0 aliphatic carbocycles. The summed E-state index contributed by atoms with van der Waals surface area (Å²) in [5, 5.41) is 2.65. The number of amides is 1. The van der Waals surface area contributed by atoms with Crippen molar-refractivity contribution in [2.24, 2.45) is 0 Å². The van der Waals surface area contributed by atoms with Crippen LogP contribution in [-0.2, 0) is 11.2 Å². The van der Waals surface area contributed by atoms with E-state index >= 15 is 0 Å². The Morgan fingerprint density at radius 2 is 2.12 bits per heavy atom. The Bertz CT molecular complexity index is 359. The Morgan fingerprint density at radius 3 is 2.71 bits per heavy atom. The van der Waals surface area contributed by atoms with Crippen molar-refractivity contribution in [2.45, 2.75) is 6.42 Å². The summed E-state index contributed by atoms with van der Waals surface area (Å²) < 4.78 is 9.83. The van der Waals surface area contributed by atoms with Crippen molar-refractivity contribution in [3.05, 3.63) is 42.5 Å². The van der Waals surface area contributed by atoms with Crippen molar-refractivity contribution in [1.82, 2.24) is 5.32 Å². The molecule has 1 amide bonds. The Labute approximate surface area is 101 Å². The van der Waals surface area contributed by atoms with Crippen molar-refractivity contribution in [3.63, 3.8) is 0 Å². The smallest absolute Gasteiger partial charge is 0.407 e. The van der Waals surface area contributed by atoms with Crippen molar-refractivity contribution in [2.75, 3.05) is 20.3 Å². The van der Waals surface area contributed by atoms with Crippen LogP contribution in [0.2, 0.25) is 0 Å². The van der Waals surface area contributed by atoms with Crippen LogP contribution in [0, 0.1) is 0 Å². The zero-order chi connectivity index (χ0) is 12.5. The van der Waals surface area contributed by atoms with Crippen LogP contribution in [-0.4, -0.2) is 26.4 Å². The maximum absolute atomic E-state index is 11.1. The molecule has 0 unspecified atom stereocenters. The molecule has 1 rings (SSSR count). The monoisotopic (exact) mass is 235 g/mol. The summed E-state index contributed by atoms with van der Waals surface area (Å²) in [7, 11) is 1.63. The number of rotatable bonds is 6. The molecule has 0 aromatic heterocycles. The molecule has 0 aliphatic heterocycles. The quantitative estimate of drug-likeness (QED) is 0.768. The zero-order valence-electron chi connectivity index (χ0n) is 9.94. The van der Waals surface area contributed by atoms with Gasteiger partial charge in [0, 0.05) is 6.54 Å². The molecule has 0 saturated carbocycles. The highest BCUT2D eigenvalue weighted by molar-refractivity contribution is 5.67. The lowest BCUT2D eigenvalue weighted by molar-refractivity contribution is 0.158. The summed E-state index contributed by atoms with van der Waals surface area (Å²) >= 11 is 0. The van der Waals surface area contributed by atoms with Crippen LogP contribution in [0.3, 0.4) is 0 Å². The van der Waals surface area contributed by atoms with E-state index in [4.69, 9.17) is 9.47 Å². The number of ether oxygens (including phenoxy) is 2. The van der Waals surface area contributed by atoms with Crippen molar-refractivity contribution < 1.29 is 14.3 Å². The molecule has 0 saturated heterocycles. The number of alkyl carbamates (subject to hydrolysis) is 1. The Balaban J connectivity index is 2.25. The van der Waals surface area contributed by atoms with Crippen LogP contribution in [0.5, 0.6) is 5.75 Å². The molecule has 4 nitrogen and oxygen atoms in total. The van der Waals surface area contributed by atoms with Gasteiger partial charge in [0.1, 0.15) is 12.4 Å². The fourth-order valence-electron chi connectivity index (χ4n) is 1.29. The minimum atomic E-state index is -0.418. The molecule has 1 aromatic rings. The first-order valence-electron chi connectivity index (χ1n) is 5.40. The molecule has 0 aliphatic rings. The summed E-state index contributed by atoms with van der Waals surface area (Å²) in [6.45, 7) is 4.23. The topological polar surface area (TPSA) is 47.6 Å². The molecular weight excluding hydrogens is 218 g/mol. The number of nitrogens with one attached hydrogen (secondary N) is 1. The van der Waals surface area contributed by atoms with Gasteiger partial charge in [0.25, 0.3) is 0 Å². The van der Waals surface area contributed by atoms with Gasteiger partial charge in [0.2, 0.25) is 0 Å². The predicted octanol–water partition coefficient (Wildman–Crippen LogP) is 2.15. The maximum atomic E-state index is 11.1. The summed E-state index contributed by atoms with van der Waals surface area (Å²) in [6.07, 6.45) is 1.87. The number of methoxy groups -OCH3 is 1. The number of carbonyl (C=O) groups is 1. The van der Waals surface area contributed by atoms with Crippen LogP contribution in [0.4, 0.5) is 4.79 Å². The first-order valence-corrected chi connectivity index (χ1v) is 5.40. The summed E-state index contributed by atoms with van der Waals surface area (Å²) in [5.74, 6) is 0.826. The van der Waals surface area contributed by atoms with Gasteiger partial charge in [-0.25, -0.2) is 4.79 Å². The van der Waals surface area contributed by atoms with Crippen LogP contribution in [0.15, 0.2) is 36.9 Å². The van der Waals surface area contributed by atoms with Crippen molar-refractivity contribution in [3.8, 4) is 5.75 Å². The van der Waals surface area contributed by atoms with Gasteiger partial charge in [0.05, 0.1) is 7.11 Å². The third-order valence-corrected chi connectivity index (χ3v) is 2.17. The van der Waals surface area contributed by atoms with Gasteiger partial charge in [-0.15, -0.1) is 0 Å². The van der Waals surface area contributed by atoms with E-state index in [-0.39, 0.29) is 6.61 Å². The normalized spacial score (nSPS) is 9.47. The zero-order valence-corrected chi connectivity index (χ0v) is 9.94. The van der Waals surface area contributed by atoms with Crippen LogP contribution in [0.1, 0.15) is 5.56 Å². The second-order valence-electron chi connectivity index (χ2n) is 3.41. The minimum Gasteiger partial charge on any atom is -0.497 e. The Kier molecular flexibility index (Phi) is 5.64. The first-order chi connectivity index (χ1) is 8.26. The molecule has 0 fully saturated rings. The number of hydrogen-bond donors (Lipinski definition) is 1. The molecule has 1 aromatic carbocycles. The Morgan fingerprint density at radius 1 is 1.41 bits per heavy atom. The second kappa shape index (κ2) is 7.33. The standard InChI is InChI=1S/C13H17NO3/c1-3-10-17-13(15)14-9-8-11-4-6-12(16-2)7-5-11/h3-7H,1,8-10H2,2H3,(H,14,15). The third kappa shape index (κ3) is 5.06. The SMILES string of the molecule is C=CCOC(=O)NCCc1ccc(OC)cc1. The molecule has 17 heavy (non-hydrogen) atoms. The van der Waals surface area contributed by atoms with Crippen LogP contribution >= 0.6 is 0 Å². The van der Waals surface area contributed by atoms with Gasteiger partial charge >= 0.3 is 6.09 Å². The van der Waals surface area contributed by atoms with E-state index in [0.29, 0.717) is 6.54 Å². The van der Waals surface area contributed by atoms with E-state index < -0.39 is 6.09 Å². The molecule has 0 heterocycles. The van der Waals surface area contributed by atoms with E-state index in [2.05, 4.69) is 11.9 Å². The number of benzene rings is 1. The minimum absolute atomic E-state index is 0.231. The van der Waals surface area contributed by atoms with E-state index in [1.165, 1.54) is 6.08 Å². The van der Waals surface area contributed by atoms with E-state index in [1.54, 1.807) is 7.11 Å².